The number of hydrogen-bond donors (Lipinski definition) is 2. The summed E-state index contributed by atoms with van der Waals surface area (Å²) in [5, 5.41) is 5.69. The first kappa shape index (κ1) is 20.6. The second-order valence-electron chi connectivity index (χ2n) is 6.35. The van der Waals surface area contributed by atoms with Crippen LogP contribution in [-0.4, -0.2) is 16.8 Å². The first-order chi connectivity index (χ1) is 14.0. The molecule has 0 aliphatic heterocycles. The SMILES string of the molecule is CCc1ncsc1NC(=O)C(=O)N[C@H](Cc1cccc(F)c1)c1cccc(F)c1. The number of amides is 2. The van der Waals surface area contributed by atoms with Gasteiger partial charge < -0.3 is 10.6 Å². The summed E-state index contributed by atoms with van der Waals surface area (Å²) in [6, 6.07) is 10.9. The largest absolute Gasteiger partial charge is 0.341 e. The van der Waals surface area contributed by atoms with E-state index in [9.17, 15) is 18.4 Å². The Morgan fingerprint density at radius 2 is 1.79 bits per heavy atom. The van der Waals surface area contributed by atoms with Crippen LogP contribution in [-0.2, 0) is 22.4 Å². The lowest BCUT2D eigenvalue weighted by Gasteiger charge is -2.19. The molecule has 1 aromatic heterocycles. The molecule has 2 N–H and O–H groups in total. The molecule has 0 saturated heterocycles. The van der Waals surface area contributed by atoms with Gasteiger partial charge >= 0.3 is 11.8 Å². The molecule has 150 valence electrons. The van der Waals surface area contributed by atoms with Crippen molar-refractivity contribution in [1.29, 1.82) is 0 Å². The second kappa shape index (κ2) is 9.38. The van der Waals surface area contributed by atoms with E-state index in [0.717, 1.165) is 0 Å². The van der Waals surface area contributed by atoms with Gasteiger partial charge in [0, 0.05) is 0 Å². The molecular formula is C21H19F2N3O2S. The molecule has 0 bridgehead atoms. The molecule has 0 spiro atoms. The normalized spacial score (nSPS) is 11.7. The zero-order valence-electron chi connectivity index (χ0n) is 15.6. The van der Waals surface area contributed by atoms with Crippen LogP contribution in [0.25, 0.3) is 0 Å². The van der Waals surface area contributed by atoms with E-state index < -0.39 is 29.5 Å². The molecule has 3 rings (SSSR count). The molecule has 29 heavy (non-hydrogen) atoms. The van der Waals surface area contributed by atoms with E-state index in [0.29, 0.717) is 28.2 Å². The summed E-state index contributed by atoms with van der Waals surface area (Å²) >= 11 is 1.23. The average Bonchev–Trinajstić information content (AvgIpc) is 3.14. The van der Waals surface area contributed by atoms with E-state index in [1.54, 1.807) is 23.7 Å². The van der Waals surface area contributed by atoms with Crippen LogP contribution in [0.2, 0.25) is 0 Å². The molecular weight excluding hydrogens is 396 g/mol. The van der Waals surface area contributed by atoms with Gasteiger partial charge in [-0.3, -0.25) is 9.59 Å². The number of rotatable bonds is 6. The minimum atomic E-state index is -0.869. The standard InChI is InChI=1S/C21H19F2N3O2S/c1-2-17-21(29-12-24-17)26-20(28)19(27)25-18(14-6-4-8-16(23)11-14)10-13-5-3-7-15(22)9-13/h3-9,11-12,18H,2,10H2,1H3,(H,25,27)(H,26,28)/t18-/m1/s1. The van der Waals surface area contributed by atoms with Crippen molar-refractivity contribution in [3.63, 3.8) is 0 Å². The highest BCUT2D eigenvalue weighted by atomic mass is 32.1. The van der Waals surface area contributed by atoms with Gasteiger partial charge in [0.1, 0.15) is 16.6 Å². The van der Waals surface area contributed by atoms with Crippen LogP contribution in [0.1, 0.15) is 29.8 Å². The highest BCUT2D eigenvalue weighted by Gasteiger charge is 2.22. The van der Waals surface area contributed by atoms with Gasteiger partial charge in [0.2, 0.25) is 0 Å². The van der Waals surface area contributed by atoms with Crippen LogP contribution >= 0.6 is 11.3 Å². The van der Waals surface area contributed by atoms with E-state index in [1.807, 2.05) is 6.92 Å². The third kappa shape index (κ3) is 5.45. The number of carbonyl (C=O) groups is 2. The Hall–Kier alpha value is -3.13. The van der Waals surface area contributed by atoms with Crippen molar-refractivity contribution in [2.45, 2.75) is 25.8 Å². The lowest BCUT2D eigenvalue weighted by molar-refractivity contribution is -0.136. The second-order valence-corrected chi connectivity index (χ2v) is 7.21. The van der Waals surface area contributed by atoms with Crippen molar-refractivity contribution in [2.24, 2.45) is 0 Å². The summed E-state index contributed by atoms with van der Waals surface area (Å²) in [6.45, 7) is 1.89. The van der Waals surface area contributed by atoms with Gasteiger partial charge in [-0.1, -0.05) is 31.2 Å². The number of carbonyl (C=O) groups excluding carboxylic acids is 2. The zero-order valence-corrected chi connectivity index (χ0v) is 16.4. The predicted molar refractivity (Wildman–Crippen MR) is 108 cm³/mol. The molecule has 0 aliphatic carbocycles. The number of thiazole rings is 1. The van der Waals surface area contributed by atoms with Gasteiger partial charge in [0.05, 0.1) is 17.2 Å². The van der Waals surface area contributed by atoms with Crippen molar-refractivity contribution in [3.05, 3.63) is 82.5 Å². The third-order valence-electron chi connectivity index (χ3n) is 4.29. The summed E-state index contributed by atoms with van der Waals surface area (Å²) in [5.41, 5.74) is 3.36. The van der Waals surface area contributed by atoms with Crippen molar-refractivity contribution in [2.75, 3.05) is 5.32 Å². The van der Waals surface area contributed by atoms with Gasteiger partial charge in [-0.05, 0) is 48.2 Å². The quantitative estimate of drug-likeness (QED) is 0.598. The molecule has 8 heteroatoms. The van der Waals surface area contributed by atoms with Crippen molar-refractivity contribution in [3.8, 4) is 0 Å². The van der Waals surface area contributed by atoms with Crippen molar-refractivity contribution >= 4 is 28.2 Å². The van der Waals surface area contributed by atoms with Crippen LogP contribution in [0.4, 0.5) is 13.8 Å². The summed E-state index contributed by atoms with van der Waals surface area (Å²) in [4.78, 5) is 29.0. The van der Waals surface area contributed by atoms with Crippen molar-refractivity contribution < 1.29 is 18.4 Å². The minimum Gasteiger partial charge on any atom is -0.341 e. The molecule has 0 radical (unpaired) electrons. The van der Waals surface area contributed by atoms with Crippen LogP contribution in [0.3, 0.4) is 0 Å². The Labute approximate surface area is 170 Å². The minimum absolute atomic E-state index is 0.195. The fraction of sp³-hybridized carbons (Fsp3) is 0.190. The monoisotopic (exact) mass is 415 g/mol. The molecule has 0 saturated carbocycles. The first-order valence-electron chi connectivity index (χ1n) is 9.00. The molecule has 0 aliphatic rings. The summed E-state index contributed by atoms with van der Waals surface area (Å²) in [7, 11) is 0. The topological polar surface area (TPSA) is 71.1 Å². The number of anilines is 1. The molecule has 0 fully saturated rings. The van der Waals surface area contributed by atoms with Crippen LogP contribution in [0, 0.1) is 11.6 Å². The van der Waals surface area contributed by atoms with Crippen molar-refractivity contribution in [1.82, 2.24) is 10.3 Å². The van der Waals surface area contributed by atoms with Gasteiger partial charge in [-0.15, -0.1) is 11.3 Å². The lowest BCUT2D eigenvalue weighted by atomic mass is 9.98. The van der Waals surface area contributed by atoms with Crippen LogP contribution < -0.4 is 10.6 Å². The molecule has 2 aromatic carbocycles. The Morgan fingerprint density at radius 1 is 1.07 bits per heavy atom. The number of aromatic nitrogens is 1. The van der Waals surface area contributed by atoms with Crippen LogP contribution in [0.5, 0.6) is 0 Å². The fourth-order valence-electron chi connectivity index (χ4n) is 2.88. The Morgan fingerprint density at radius 3 is 2.48 bits per heavy atom. The maximum absolute atomic E-state index is 13.7. The lowest BCUT2D eigenvalue weighted by Crippen LogP contribution is -2.38. The van der Waals surface area contributed by atoms with E-state index in [1.165, 1.54) is 41.7 Å². The van der Waals surface area contributed by atoms with E-state index in [4.69, 9.17) is 0 Å². The van der Waals surface area contributed by atoms with Gasteiger partial charge in [-0.2, -0.15) is 0 Å². The Bertz CT molecular complexity index is 1020. The number of aryl methyl sites for hydroxylation is 1. The fourth-order valence-corrected chi connectivity index (χ4v) is 3.65. The Balaban J connectivity index is 1.78. The number of nitrogens with zero attached hydrogens (tertiary/aromatic N) is 1. The molecule has 2 amide bonds. The Kier molecular flexibility index (Phi) is 6.66. The summed E-state index contributed by atoms with van der Waals surface area (Å²) in [5.74, 6) is -2.60. The molecule has 1 atom stereocenters. The maximum Gasteiger partial charge on any atom is 0.314 e. The first-order valence-corrected chi connectivity index (χ1v) is 9.88. The molecule has 1 heterocycles. The highest BCUT2D eigenvalue weighted by molar-refractivity contribution is 7.14. The maximum atomic E-state index is 13.7. The predicted octanol–water partition coefficient (Wildman–Crippen LogP) is 4.02. The van der Waals surface area contributed by atoms with Gasteiger partial charge in [-0.25, -0.2) is 13.8 Å². The highest BCUT2D eigenvalue weighted by Crippen LogP contribution is 2.22. The molecule has 5 nitrogen and oxygen atoms in total. The number of benzene rings is 2. The average molecular weight is 415 g/mol. The number of nitrogens with one attached hydrogen (secondary N) is 2. The number of hydrogen-bond acceptors (Lipinski definition) is 4. The van der Waals surface area contributed by atoms with E-state index in [2.05, 4.69) is 15.6 Å². The molecule has 0 unspecified atom stereocenters. The van der Waals surface area contributed by atoms with Gasteiger partial charge in [0.25, 0.3) is 0 Å². The summed E-state index contributed by atoms with van der Waals surface area (Å²) in [6.07, 6.45) is 0.813. The molecule has 3 aromatic rings. The van der Waals surface area contributed by atoms with E-state index >= 15 is 0 Å². The number of halogens is 2. The third-order valence-corrected chi connectivity index (χ3v) is 5.08. The van der Waals surface area contributed by atoms with Gasteiger partial charge in [0.15, 0.2) is 0 Å². The smallest absolute Gasteiger partial charge is 0.314 e. The van der Waals surface area contributed by atoms with Crippen LogP contribution in [0.15, 0.2) is 54.0 Å². The summed E-state index contributed by atoms with van der Waals surface area (Å²) < 4.78 is 27.2. The zero-order chi connectivity index (χ0) is 20.8. The van der Waals surface area contributed by atoms with E-state index in [-0.39, 0.29) is 6.42 Å².